The van der Waals surface area contributed by atoms with Gasteiger partial charge in [0.1, 0.15) is 16.7 Å². The molecule has 0 aromatic heterocycles. The molecule has 0 saturated heterocycles. The van der Waals surface area contributed by atoms with Gasteiger partial charge in [-0.25, -0.2) is 8.42 Å². The van der Waals surface area contributed by atoms with Crippen molar-refractivity contribution >= 4 is 35.8 Å². The number of benzene rings is 4. The molecule has 47 heavy (non-hydrogen) atoms. The molecule has 0 radical (unpaired) electrons. The highest BCUT2D eigenvalue weighted by atomic mass is 35.5. The number of ether oxygens (including phenoxy) is 1. The van der Waals surface area contributed by atoms with Crippen LogP contribution in [0.3, 0.4) is 0 Å². The van der Waals surface area contributed by atoms with Gasteiger partial charge in [0.05, 0.1) is 29.3 Å². The molecule has 246 valence electrons. The molecule has 15 heteroatoms. The van der Waals surface area contributed by atoms with Crippen molar-refractivity contribution in [3.05, 3.63) is 118 Å². The van der Waals surface area contributed by atoms with Gasteiger partial charge in [0.15, 0.2) is 0 Å². The lowest BCUT2D eigenvalue weighted by Crippen LogP contribution is -2.44. The number of carbonyl (C=O) groups is 1. The van der Waals surface area contributed by atoms with E-state index in [-0.39, 0.29) is 34.0 Å². The van der Waals surface area contributed by atoms with Crippen molar-refractivity contribution in [2.24, 2.45) is 0 Å². The van der Waals surface area contributed by atoms with Gasteiger partial charge in [-0.05, 0) is 65.6 Å². The van der Waals surface area contributed by atoms with Gasteiger partial charge in [0.25, 0.3) is 8.18 Å². The summed E-state index contributed by atoms with van der Waals surface area (Å²) < 4.78 is 76.8. The van der Waals surface area contributed by atoms with Gasteiger partial charge in [-0.2, -0.15) is 23.0 Å². The average molecular weight is 704 g/mol. The first-order valence-electron chi connectivity index (χ1n) is 13.8. The van der Waals surface area contributed by atoms with Crippen LogP contribution in [0.4, 0.5) is 8.78 Å². The summed E-state index contributed by atoms with van der Waals surface area (Å²) in [6, 6.07) is 19.0. The number of methoxy groups -OCH3 is 1. The monoisotopic (exact) mass is 703 g/mol. The zero-order chi connectivity index (χ0) is 34.5. The molecule has 0 spiro atoms. The lowest BCUT2D eigenvalue weighted by molar-refractivity contribution is -0.160. The second kappa shape index (κ2) is 14.7. The van der Waals surface area contributed by atoms with Crippen molar-refractivity contribution in [2.75, 3.05) is 7.11 Å². The van der Waals surface area contributed by atoms with Crippen LogP contribution < -0.4 is 4.74 Å². The van der Waals surface area contributed by atoms with Crippen molar-refractivity contribution in [1.29, 1.82) is 5.26 Å². The van der Waals surface area contributed by atoms with Crippen LogP contribution >= 0.6 is 19.8 Å². The Morgan fingerprint density at radius 1 is 1.00 bits per heavy atom. The maximum Gasteiger partial charge on any atom is 0.340 e. The molecule has 4 aromatic rings. The predicted octanol–water partition coefficient (Wildman–Crippen LogP) is 6.48. The van der Waals surface area contributed by atoms with Gasteiger partial charge in [-0.1, -0.05) is 66.2 Å². The summed E-state index contributed by atoms with van der Waals surface area (Å²) in [5.41, 5.74) is 1.93. The second-order valence-corrected chi connectivity index (χ2v) is 13.7. The number of nitrogens with zero attached hydrogens (tertiary/aromatic N) is 3. The fourth-order valence-corrected chi connectivity index (χ4v) is 7.54. The van der Waals surface area contributed by atoms with Crippen LogP contribution in [0.15, 0.2) is 95.9 Å². The number of carboxylic acids is 1. The Morgan fingerprint density at radius 2 is 1.64 bits per heavy atom. The Bertz CT molecular complexity index is 1960. The fourth-order valence-electron chi connectivity index (χ4n) is 4.85. The van der Waals surface area contributed by atoms with E-state index in [1.54, 1.807) is 48.5 Å². The van der Waals surface area contributed by atoms with Crippen molar-refractivity contribution in [3.8, 4) is 22.9 Å². The van der Waals surface area contributed by atoms with Gasteiger partial charge < -0.3 is 14.7 Å². The lowest BCUT2D eigenvalue weighted by atomic mass is 10.0. The van der Waals surface area contributed by atoms with E-state index in [1.807, 2.05) is 6.07 Å². The van der Waals surface area contributed by atoms with Crippen LogP contribution in [0, 0.1) is 11.3 Å². The third kappa shape index (κ3) is 7.88. The molecule has 0 bridgehead atoms. The van der Waals surface area contributed by atoms with E-state index in [2.05, 4.69) is 6.07 Å². The summed E-state index contributed by atoms with van der Waals surface area (Å²) in [5, 5.41) is 17.9. The highest BCUT2D eigenvalue weighted by Crippen LogP contribution is 2.46. The number of sulfonamides is 1. The minimum Gasteiger partial charge on any atom is -0.495 e. The largest absolute Gasteiger partial charge is 0.495 e. The van der Waals surface area contributed by atoms with Crippen molar-refractivity contribution < 1.29 is 41.3 Å². The van der Waals surface area contributed by atoms with E-state index in [1.165, 1.54) is 31.4 Å². The first-order chi connectivity index (χ1) is 22.2. The number of hydrogen-bond donors (Lipinski definition) is 2. The molecule has 0 saturated carbocycles. The van der Waals surface area contributed by atoms with Gasteiger partial charge in [0, 0.05) is 13.1 Å². The van der Waals surface area contributed by atoms with E-state index in [0.29, 0.717) is 11.1 Å². The first-order valence-corrected chi connectivity index (χ1v) is 17.0. The molecule has 0 amide bonds. The zero-order valence-electron chi connectivity index (χ0n) is 25.0. The molecule has 0 heterocycles. The number of rotatable bonds is 13. The molecular weight excluding hydrogens is 675 g/mol. The van der Waals surface area contributed by atoms with E-state index in [4.69, 9.17) is 16.3 Å². The molecule has 0 aliphatic heterocycles. The van der Waals surface area contributed by atoms with Crippen LogP contribution in [-0.4, -0.2) is 46.5 Å². The van der Waals surface area contributed by atoms with Gasteiger partial charge >= 0.3 is 12.0 Å². The van der Waals surface area contributed by atoms with E-state index >= 15 is 8.78 Å². The predicted molar refractivity (Wildman–Crippen MR) is 172 cm³/mol. The van der Waals surface area contributed by atoms with Gasteiger partial charge in [-0.15, -0.1) is 0 Å². The molecule has 1 unspecified atom stereocenters. The summed E-state index contributed by atoms with van der Waals surface area (Å²) in [5.74, 6) is -1.66. The highest BCUT2D eigenvalue weighted by Gasteiger charge is 2.48. The summed E-state index contributed by atoms with van der Waals surface area (Å²) >= 11 is 6.23. The molecular formula is C32H29ClF2N3O7PS. The lowest BCUT2D eigenvalue weighted by Gasteiger charge is -2.32. The molecule has 10 nitrogen and oxygen atoms in total. The molecule has 4 rings (SSSR count). The number of hydrogen-bond acceptors (Lipinski definition) is 6. The van der Waals surface area contributed by atoms with E-state index in [0.717, 1.165) is 34.5 Å². The standard InChI is InChI=1S/C32H29ClF2N3O7PS/c1-21(31(39)40)38(46(41)42)32(34,35)27-15-12-24(17-28(27)33)20-37(47(43,44)30-9-4-3-8-29(30)45-2)19-22-10-13-25(14-11-22)26-7-5-6-23(16-26)18-36/h3-17,21,46H,19-20H2,1-2H3,(H,39,40)(H,41,42)/t21-/m0/s1. The van der Waals surface area contributed by atoms with Crippen LogP contribution in [0.25, 0.3) is 11.1 Å². The minimum absolute atomic E-state index is 0.0881. The summed E-state index contributed by atoms with van der Waals surface area (Å²) in [6.45, 7) is 0.364. The SMILES string of the molecule is COc1ccccc1S(=O)(=O)N(Cc1ccc(-c2cccc(C#N)c2)cc1)Cc1ccc(C(F)(F)N([C@@H](C)C(=O)O)[PH](=O)O)c(Cl)c1. The number of alkyl halides is 2. The number of aliphatic carboxylic acids is 1. The van der Waals surface area contributed by atoms with Crippen LogP contribution in [0.2, 0.25) is 5.02 Å². The number of nitriles is 1. The third-order valence-corrected chi connectivity index (χ3v) is 10.5. The van der Waals surface area contributed by atoms with E-state index < -0.39 is 46.8 Å². The smallest absolute Gasteiger partial charge is 0.340 e. The van der Waals surface area contributed by atoms with Crippen molar-refractivity contribution in [1.82, 2.24) is 8.98 Å². The van der Waals surface area contributed by atoms with Crippen LogP contribution in [0.5, 0.6) is 5.75 Å². The summed E-state index contributed by atoms with van der Waals surface area (Å²) in [6.07, 6.45) is 0. The van der Waals surface area contributed by atoms with Crippen molar-refractivity contribution in [3.63, 3.8) is 0 Å². The maximum absolute atomic E-state index is 15.4. The quantitative estimate of drug-likeness (QED) is 0.118. The average Bonchev–Trinajstić information content (AvgIpc) is 3.04. The third-order valence-electron chi connectivity index (χ3n) is 7.29. The molecule has 2 N–H and O–H groups in total. The van der Waals surface area contributed by atoms with Crippen molar-refractivity contribution in [2.45, 2.75) is 37.0 Å². The number of carboxylic acid groups (broad SMARTS) is 1. The Morgan fingerprint density at radius 3 is 2.23 bits per heavy atom. The Balaban J connectivity index is 1.72. The maximum atomic E-state index is 15.4. The normalized spacial score (nSPS) is 13.3. The molecule has 4 aromatic carbocycles. The summed E-state index contributed by atoms with van der Waals surface area (Å²) in [7, 11) is -7.15. The number of halogens is 3. The van der Waals surface area contributed by atoms with Crippen LogP contribution in [0.1, 0.15) is 29.2 Å². The van der Waals surface area contributed by atoms with E-state index in [9.17, 15) is 33.0 Å². The summed E-state index contributed by atoms with van der Waals surface area (Å²) in [4.78, 5) is 20.8. The Kier molecular flexibility index (Phi) is 11.2. The molecule has 0 aliphatic rings. The Labute approximate surface area is 276 Å². The number of para-hydroxylation sites is 1. The fraction of sp³-hybridized carbons (Fsp3) is 0.188. The second-order valence-electron chi connectivity index (χ2n) is 10.3. The highest BCUT2D eigenvalue weighted by molar-refractivity contribution is 7.89. The topological polar surface area (TPSA) is 148 Å². The van der Waals surface area contributed by atoms with Crippen LogP contribution in [-0.2, 0) is 38.5 Å². The van der Waals surface area contributed by atoms with Gasteiger partial charge in [0.2, 0.25) is 10.0 Å². The zero-order valence-corrected chi connectivity index (χ0v) is 27.5. The molecule has 0 fully saturated rings. The molecule has 0 aliphatic carbocycles. The minimum atomic E-state index is -4.27. The van der Waals surface area contributed by atoms with Gasteiger partial charge in [-0.3, -0.25) is 9.36 Å². The Hall–Kier alpha value is -4.15. The first kappa shape index (κ1) is 35.7. The molecule has 2 atom stereocenters.